The zero-order chi connectivity index (χ0) is 15.7. The molecule has 3 aromatic rings. The lowest BCUT2D eigenvalue weighted by Crippen LogP contribution is -2.13. The number of hydrogen-bond acceptors (Lipinski definition) is 4. The van der Waals surface area contributed by atoms with Gasteiger partial charge in [-0.1, -0.05) is 30.3 Å². The summed E-state index contributed by atoms with van der Waals surface area (Å²) in [7, 11) is -3.82. The van der Waals surface area contributed by atoms with Gasteiger partial charge in [0.2, 0.25) is 5.09 Å². The van der Waals surface area contributed by atoms with Crippen LogP contribution in [0.2, 0.25) is 0 Å². The maximum absolute atomic E-state index is 12.5. The molecule has 3 rings (SSSR count). The second-order valence-corrected chi connectivity index (χ2v) is 6.63. The summed E-state index contributed by atoms with van der Waals surface area (Å²) in [5.74, 6) is 0. The number of aliphatic hydroxyl groups is 1. The zero-order valence-electron chi connectivity index (χ0n) is 11.9. The summed E-state index contributed by atoms with van der Waals surface area (Å²) in [4.78, 5) is 0. The lowest BCUT2D eigenvalue weighted by molar-refractivity contribution is 0.282. The minimum absolute atomic E-state index is 0.137. The fraction of sp³-hybridized carbons (Fsp3) is 0.125. The minimum Gasteiger partial charge on any atom is -0.443 e. The van der Waals surface area contributed by atoms with Gasteiger partial charge >= 0.3 is 0 Å². The average molecular weight is 317 g/mol. The molecule has 0 amide bonds. The molecule has 2 aromatic carbocycles. The summed E-state index contributed by atoms with van der Waals surface area (Å²) >= 11 is 0. The molecule has 0 aliphatic heterocycles. The summed E-state index contributed by atoms with van der Waals surface area (Å²) in [5.41, 5.74) is 2.33. The Balaban J connectivity index is 2.00. The van der Waals surface area contributed by atoms with Gasteiger partial charge in [0.1, 0.15) is 5.58 Å². The van der Waals surface area contributed by atoms with E-state index in [0.29, 0.717) is 16.8 Å². The third-order valence-corrected chi connectivity index (χ3v) is 4.62. The fourth-order valence-electron chi connectivity index (χ4n) is 2.16. The Labute approximate surface area is 128 Å². The molecule has 1 heterocycles. The van der Waals surface area contributed by atoms with Crippen molar-refractivity contribution >= 4 is 26.7 Å². The maximum Gasteiger partial charge on any atom is 0.295 e. The molecule has 2 N–H and O–H groups in total. The summed E-state index contributed by atoms with van der Waals surface area (Å²) in [6.07, 6.45) is 0. The quantitative estimate of drug-likeness (QED) is 0.775. The molecule has 114 valence electrons. The number of aliphatic hydroxyl groups excluding tert-OH is 1. The molecular formula is C16H15NO4S. The number of furan rings is 1. The van der Waals surface area contributed by atoms with Gasteiger partial charge in [-0.2, -0.15) is 8.42 Å². The highest BCUT2D eigenvalue weighted by Crippen LogP contribution is 2.26. The van der Waals surface area contributed by atoms with E-state index in [9.17, 15) is 8.42 Å². The highest BCUT2D eigenvalue weighted by atomic mass is 32.2. The highest BCUT2D eigenvalue weighted by molar-refractivity contribution is 7.92. The Bertz CT molecular complexity index is 895. The number of nitrogens with one attached hydrogen (secondary N) is 1. The lowest BCUT2D eigenvalue weighted by atomic mass is 10.1. The zero-order valence-corrected chi connectivity index (χ0v) is 12.7. The number of fused-ring (bicyclic) bond motifs is 1. The van der Waals surface area contributed by atoms with Crippen molar-refractivity contribution in [2.75, 3.05) is 4.72 Å². The van der Waals surface area contributed by atoms with Crippen LogP contribution < -0.4 is 4.72 Å². The largest absolute Gasteiger partial charge is 0.443 e. The van der Waals surface area contributed by atoms with Crippen LogP contribution in [0.15, 0.2) is 58.0 Å². The van der Waals surface area contributed by atoms with Gasteiger partial charge in [-0.05, 0) is 30.2 Å². The molecule has 0 aliphatic rings. The summed E-state index contributed by atoms with van der Waals surface area (Å²) < 4.78 is 32.8. The van der Waals surface area contributed by atoms with Gasteiger partial charge in [0, 0.05) is 11.5 Å². The third kappa shape index (κ3) is 2.70. The van der Waals surface area contributed by atoms with E-state index in [4.69, 9.17) is 9.52 Å². The molecule has 0 spiro atoms. The molecule has 0 unspecified atom stereocenters. The molecule has 0 saturated carbocycles. The van der Waals surface area contributed by atoms with E-state index in [2.05, 4.69) is 4.72 Å². The summed E-state index contributed by atoms with van der Waals surface area (Å²) in [5, 5.41) is 9.76. The first-order valence-electron chi connectivity index (χ1n) is 6.71. The van der Waals surface area contributed by atoms with Gasteiger partial charge in [0.15, 0.2) is 0 Å². The number of para-hydroxylation sites is 1. The molecule has 22 heavy (non-hydrogen) atoms. The van der Waals surface area contributed by atoms with E-state index in [1.165, 1.54) is 6.07 Å². The van der Waals surface area contributed by atoms with Crippen LogP contribution in [0.5, 0.6) is 0 Å². The lowest BCUT2D eigenvalue weighted by Gasteiger charge is -2.10. The van der Waals surface area contributed by atoms with Crippen molar-refractivity contribution in [3.8, 4) is 0 Å². The van der Waals surface area contributed by atoms with Crippen LogP contribution >= 0.6 is 0 Å². The van der Waals surface area contributed by atoms with Crippen molar-refractivity contribution in [3.63, 3.8) is 0 Å². The number of hydrogen-bond donors (Lipinski definition) is 2. The molecule has 0 aliphatic carbocycles. The Morgan fingerprint density at radius 2 is 1.91 bits per heavy atom. The normalized spacial score (nSPS) is 11.7. The van der Waals surface area contributed by atoms with Crippen LogP contribution in [-0.2, 0) is 16.6 Å². The van der Waals surface area contributed by atoms with Crippen LogP contribution in [-0.4, -0.2) is 13.5 Å². The van der Waals surface area contributed by atoms with Crippen LogP contribution in [0.1, 0.15) is 11.1 Å². The number of aryl methyl sites for hydroxylation is 1. The van der Waals surface area contributed by atoms with Gasteiger partial charge < -0.3 is 9.52 Å². The molecule has 1 aromatic heterocycles. The number of anilines is 1. The van der Waals surface area contributed by atoms with Gasteiger partial charge in [-0.25, -0.2) is 0 Å². The van der Waals surface area contributed by atoms with Gasteiger partial charge in [-0.15, -0.1) is 0 Å². The van der Waals surface area contributed by atoms with E-state index in [1.54, 1.807) is 43.3 Å². The third-order valence-electron chi connectivity index (χ3n) is 3.40. The Morgan fingerprint density at radius 1 is 1.14 bits per heavy atom. The SMILES string of the molecule is Cc1ccc(CO)cc1NS(=O)(=O)c1cc2ccccc2o1. The van der Waals surface area contributed by atoms with Crippen molar-refractivity contribution in [3.05, 3.63) is 59.7 Å². The standard InChI is InChI=1S/C16H15NO4S/c1-11-6-7-12(10-18)8-14(11)17-22(19,20)16-9-13-4-2-3-5-15(13)21-16/h2-9,17-18H,10H2,1H3. The fourth-order valence-corrected chi connectivity index (χ4v) is 3.25. The summed E-state index contributed by atoms with van der Waals surface area (Å²) in [6, 6.07) is 13.7. The van der Waals surface area contributed by atoms with Gasteiger partial charge in [0.05, 0.1) is 12.3 Å². The van der Waals surface area contributed by atoms with E-state index < -0.39 is 10.0 Å². The molecule has 0 bridgehead atoms. The number of rotatable bonds is 4. The second-order valence-electron chi connectivity index (χ2n) is 5.02. The molecular weight excluding hydrogens is 302 g/mol. The van der Waals surface area contributed by atoms with E-state index in [0.717, 1.165) is 10.9 Å². The first-order chi connectivity index (χ1) is 10.5. The topological polar surface area (TPSA) is 79.5 Å². The first-order valence-corrected chi connectivity index (χ1v) is 8.20. The van der Waals surface area contributed by atoms with Crippen LogP contribution in [0.4, 0.5) is 5.69 Å². The van der Waals surface area contributed by atoms with Gasteiger partial charge in [-0.3, -0.25) is 4.72 Å². The second kappa shape index (κ2) is 5.47. The van der Waals surface area contributed by atoms with Crippen molar-refractivity contribution < 1.29 is 17.9 Å². The Hall–Kier alpha value is -2.31. The molecule has 0 atom stereocenters. The van der Waals surface area contributed by atoms with Crippen molar-refractivity contribution in [2.24, 2.45) is 0 Å². The van der Waals surface area contributed by atoms with E-state index >= 15 is 0 Å². The molecule has 0 radical (unpaired) electrons. The highest BCUT2D eigenvalue weighted by Gasteiger charge is 2.20. The molecule has 6 heteroatoms. The van der Waals surface area contributed by atoms with Crippen molar-refractivity contribution in [2.45, 2.75) is 18.6 Å². The van der Waals surface area contributed by atoms with Crippen LogP contribution in [0.25, 0.3) is 11.0 Å². The Kier molecular flexibility index (Phi) is 3.64. The smallest absolute Gasteiger partial charge is 0.295 e. The maximum atomic E-state index is 12.5. The monoisotopic (exact) mass is 317 g/mol. The van der Waals surface area contributed by atoms with E-state index in [1.807, 2.05) is 6.07 Å². The minimum atomic E-state index is -3.82. The number of sulfonamides is 1. The van der Waals surface area contributed by atoms with Gasteiger partial charge in [0.25, 0.3) is 10.0 Å². The first kappa shape index (κ1) is 14.6. The van der Waals surface area contributed by atoms with Crippen molar-refractivity contribution in [1.82, 2.24) is 0 Å². The molecule has 0 fully saturated rings. The van der Waals surface area contributed by atoms with Crippen molar-refractivity contribution in [1.29, 1.82) is 0 Å². The predicted octanol–water partition coefficient (Wildman–Crippen LogP) is 3.03. The predicted molar refractivity (Wildman–Crippen MR) is 84.1 cm³/mol. The number of benzene rings is 2. The molecule has 0 saturated heterocycles. The summed E-state index contributed by atoms with van der Waals surface area (Å²) in [6.45, 7) is 1.64. The van der Waals surface area contributed by atoms with Crippen LogP contribution in [0.3, 0.4) is 0 Å². The van der Waals surface area contributed by atoms with E-state index in [-0.39, 0.29) is 11.7 Å². The Morgan fingerprint density at radius 3 is 2.64 bits per heavy atom. The van der Waals surface area contributed by atoms with Crippen LogP contribution in [0, 0.1) is 6.92 Å². The average Bonchev–Trinajstić information content (AvgIpc) is 2.94. The molecule has 5 nitrogen and oxygen atoms in total.